The second-order valence-corrected chi connectivity index (χ2v) is 7.23. The Hall–Kier alpha value is -1.67. The van der Waals surface area contributed by atoms with Gasteiger partial charge in [-0.1, -0.05) is 30.3 Å². The molecule has 0 saturated carbocycles. The maximum absolute atomic E-state index is 12.6. The van der Waals surface area contributed by atoms with Crippen LogP contribution in [-0.2, 0) is 10.0 Å². The molecule has 3 rings (SSSR count). The molecule has 0 aliphatic carbocycles. The topological polar surface area (TPSA) is 59.1 Å². The smallest absolute Gasteiger partial charge is 0.264 e. The number of sulfonamides is 1. The van der Waals surface area contributed by atoms with Crippen LogP contribution in [0.1, 0.15) is 0 Å². The molecule has 6 heteroatoms. The third kappa shape index (κ3) is 2.86. The predicted molar refractivity (Wildman–Crippen MR) is 91.7 cm³/mol. The summed E-state index contributed by atoms with van der Waals surface area (Å²) in [7, 11) is -3.68. The van der Waals surface area contributed by atoms with Gasteiger partial charge in [0.15, 0.2) is 0 Å². The number of pyridine rings is 1. The molecule has 0 bridgehead atoms. The molecule has 1 N–H and O–H groups in total. The van der Waals surface area contributed by atoms with Crippen molar-refractivity contribution in [2.45, 2.75) is 4.90 Å². The van der Waals surface area contributed by atoms with Crippen molar-refractivity contribution >= 4 is 49.2 Å². The second kappa shape index (κ2) is 5.61. The van der Waals surface area contributed by atoms with Crippen LogP contribution in [0.2, 0.25) is 0 Å². The van der Waals surface area contributed by atoms with Crippen molar-refractivity contribution in [1.82, 2.24) is 4.98 Å². The molecule has 0 saturated heterocycles. The zero-order valence-electron chi connectivity index (χ0n) is 10.8. The van der Waals surface area contributed by atoms with Crippen LogP contribution in [0.15, 0.2) is 65.7 Å². The molecule has 0 atom stereocenters. The first-order valence-electron chi connectivity index (χ1n) is 6.19. The quantitative estimate of drug-likeness (QED) is 0.671. The Morgan fingerprint density at radius 3 is 2.52 bits per heavy atom. The maximum atomic E-state index is 12.6. The van der Waals surface area contributed by atoms with Gasteiger partial charge in [-0.05, 0) is 46.9 Å². The molecule has 3 aromatic rings. The van der Waals surface area contributed by atoms with Crippen LogP contribution in [0, 0.1) is 3.57 Å². The fraction of sp³-hybridized carbons (Fsp3) is 0. The number of aromatic nitrogens is 1. The van der Waals surface area contributed by atoms with Gasteiger partial charge in [0.05, 0.1) is 11.2 Å². The van der Waals surface area contributed by atoms with Gasteiger partial charge in [-0.2, -0.15) is 0 Å². The zero-order chi connectivity index (χ0) is 14.9. The summed E-state index contributed by atoms with van der Waals surface area (Å²) in [6.07, 6.45) is 1.59. The van der Waals surface area contributed by atoms with E-state index in [1.807, 2.05) is 24.3 Å². The number of anilines is 1. The van der Waals surface area contributed by atoms with Crippen LogP contribution in [0.4, 0.5) is 5.69 Å². The Kier molecular flexibility index (Phi) is 3.81. The van der Waals surface area contributed by atoms with E-state index in [-0.39, 0.29) is 4.90 Å². The highest BCUT2D eigenvalue weighted by Gasteiger charge is 2.18. The fourth-order valence-corrected chi connectivity index (χ4v) is 4.00. The first-order chi connectivity index (χ1) is 10.1. The van der Waals surface area contributed by atoms with Crippen molar-refractivity contribution in [3.63, 3.8) is 0 Å². The number of hydrogen-bond donors (Lipinski definition) is 1. The van der Waals surface area contributed by atoms with E-state index >= 15 is 0 Å². The van der Waals surface area contributed by atoms with Crippen LogP contribution in [-0.4, -0.2) is 13.4 Å². The lowest BCUT2D eigenvalue weighted by molar-refractivity contribution is 0.602. The molecule has 21 heavy (non-hydrogen) atoms. The first kappa shape index (κ1) is 14.3. The van der Waals surface area contributed by atoms with E-state index in [0.29, 0.717) is 11.2 Å². The summed E-state index contributed by atoms with van der Waals surface area (Å²) in [5, 5.41) is 0.795. The molecule has 0 aliphatic rings. The monoisotopic (exact) mass is 410 g/mol. The maximum Gasteiger partial charge on any atom is 0.264 e. The van der Waals surface area contributed by atoms with Crippen LogP contribution in [0.25, 0.3) is 10.9 Å². The Balaban J connectivity index is 2.11. The Bertz CT molecular complexity index is 905. The third-order valence-corrected chi connectivity index (χ3v) is 5.34. The van der Waals surface area contributed by atoms with Gasteiger partial charge in [0.2, 0.25) is 0 Å². The minimum Gasteiger partial charge on any atom is -0.278 e. The molecule has 0 spiro atoms. The van der Waals surface area contributed by atoms with E-state index in [2.05, 4.69) is 32.3 Å². The van der Waals surface area contributed by atoms with Gasteiger partial charge in [-0.25, -0.2) is 8.42 Å². The third-order valence-electron chi connectivity index (χ3n) is 3.00. The molecular formula is C15H11IN2O2S. The summed E-state index contributed by atoms with van der Waals surface area (Å²) in [6, 6.07) is 16.0. The fourth-order valence-electron chi connectivity index (χ4n) is 2.04. The highest BCUT2D eigenvalue weighted by molar-refractivity contribution is 14.1. The number of fused-ring (bicyclic) bond motifs is 1. The summed E-state index contributed by atoms with van der Waals surface area (Å²) < 4.78 is 28.7. The lowest BCUT2D eigenvalue weighted by Crippen LogP contribution is -2.14. The van der Waals surface area contributed by atoms with E-state index in [1.54, 1.807) is 36.5 Å². The SMILES string of the molecule is O=S(=O)(Nc1ccccc1I)c1cccc2cccnc12. The molecule has 1 aromatic heterocycles. The van der Waals surface area contributed by atoms with Gasteiger partial charge in [-0.15, -0.1) is 0 Å². The average molecular weight is 410 g/mol. The molecule has 1 heterocycles. The normalized spacial score (nSPS) is 11.5. The summed E-state index contributed by atoms with van der Waals surface area (Å²) >= 11 is 2.10. The van der Waals surface area contributed by atoms with Gasteiger partial charge in [-0.3, -0.25) is 9.71 Å². The van der Waals surface area contributed by atoms with Crippen LogP contribution in [0.3, 0.4) is 0 Å². The van der Waals surface area contributed by atoms with E-state index in [0.717, 1.165) is 8.96 Å². The zero-order valence-corrected chi connectivity index (χ0v) is 13.8. The van der Waals surface area contributed by atoms with Crippen molar-refractivity contribution in [1.29, 1.82) is 0 Å². The minimum atomic E-state index is -3.68. The van der Waals surface area contributed by atoms with Crippen LogP contribution < -0.4 is 4.72 Å². The van der Waals surface area contributed by atoms with Crippen molar-refractivity contribution in [3.05, 3.63) is 64.4 Å². The molecule has 0 fully saturated rings. The lowest BCUT2D eigenvalue weighted by atomic mass is 10.2. The number of rotatable bonds is 3. The summed E-state index contributed by atoms with van der Waals surface area (Å²) in [5.41, 5.74) is 1.03. The van der Waals surface area contributed by atoms with Crippen LogP contribution in [0.5, 0.6) is 0 Å². The molecule has 0 radical (unpaired) electrons. The van der Waals surface area contributed by atoms with E-state index in [1.165, 1.54) is 0 Å². The lowest BCUT2D eigenvalue weighted by Gasteiger charge is -2.11. The Morgan fingerprint density at radius 1 is 0.952 bits per heavy atom. The summed E-state index contributed by atoms with van der Waals surface area (Å²) in [6.45, 7) is 0. The van der Waals surface area contributed by atoms with Gasteiger partial charge in [0.1, 0.15) is 4.90 Å². The molecule has 4 nitrogen and oxygen atoms in total. The molecule has 0 amide bonds. The number of benzene rings is 2. The largest absolute Gasteiger partial charge is 0.278 e. The van der Waals surface area contributed by atoms with Crippen molar-refractivity contribution in [3.8, 4) is 0 Å². The molecular weight excluding hydrogens is 399 g/mol. The van der Waals surface area contributed by atoms with Crippen molar-refractivity contribution < 1.29 is 8.42 Å². The van der Waals surface area contributed by atoms with Gasteiger partial charge >= 0.3 is 0 Å². The molecule has 0 aliphatic heterocycles. The number of hydrogen-bond acceptors (Lipinski definition) is 3. The Morgan fingerprint density at radius 2 is 1.71 bits per heavy atom. The van der Waals surface area contributed by atoms with Gasteiger partial charge in [0.25, 0.3) is 10.0 Å². The van der Waals surface area contributed by atoms with Gasteiger partial charge < -0.3 is 0 Å². The van der Waals surface area contributed by atoms with Crippen molar-refractivity contribution in [2.24, 2.45) is 0 Å². The summed E-state index contributed by atoms with van der Waals surface area (Å²) in [4.78, 5) is 4.37. The highest BCUT2D eigenvalue weighted by Crippen LogP contribution is 2.25. The van der Waals surface area contributed by atoms with E-state index < -0.39 is 10.0 Å². The molecule has 106 valence electrons. The average Bonchev–Trinajstić information content (AvgIpc) is 2.49. The van der Waals surface area contributed by atoms with E-state index in [9.17, 15) is 8.42 Å². The number of para-hydroxylation sites is 2. The molecule has 2 aromatic carbocycles. The Labute approximate surface area is 136 Å². The number of halogens is 1. The minimum absolute atomic E-state index is 0.181. The predicted octanol–water partition coefficient (Wildman–Crippen LogP) is 3.64. The highest BCUT2D eigenvalue weighted by atomic mass is 127. The number of nitrogens with zero attached hydrogens (tertiary/aromatic N) is 1. The van der Waals surface area contributed by atoms with Crippen molar-refractivity contribution in [2.75, 3.05) is 4.72 Å². The van der Waals surface area contributed by atoms with Crippen LogP contribution >= 0.6 is 22.6 Å². The second-order valence-electron chi connectivity index (χ2n) is 4.42. The van der Waals surface area contributed by atoms with Gasteiger partial charge in [0, 0.05) is 15.2 Å². The summed E-state index contributed by atoms with van der Waals surface area (Å²) in [5.74, 6) is 0. The molecule has 0 unspecified atom stereocenters. The first-order valence-corrected chi connectivity index (χ1v) is 8.75. The number of nitrogens with one attached hydrogen (secondary N) is 1. The standard InChI is InChI=1S/C15H11IN2O2S/c16-12-7-1-2-8-13(12)18-21(19,20)14-9-3-5-11-6-4-10-17-15(11)14/h1-10,18H. The van der Waals surface area contributed by atoms with E-state index in [4.69, 9.17) is 0 Å².